The number of piperidine rings is 1. The van der Waals surface area contributed by atoms with Crippen LogP contribution in [-0.4, -0.2) is 48.5 Å². The predicted molar refractivity (Wildman–Crippen MR) is 113 cm³/mol. The molecular weight excluding hydrogens is 359 g/mol. The van der Waals surface area contributed by atoms with Gasteiger partial charge in [-0.3, -0.25) is 4.79 Å². The average molecular weight is 389 g/mol. The number of anilines is 1. The van der Waals surface area contributed by atoms with Crippen LogP contribution in [0, 0.1) is 0 Å². The quantitative estimate of drug-likeness (QED) is 0.641. The standard InChI is InChI=1S/C22H29FN2OS/c1-16(18(3)23)15-25-20-8-6-5-7-19(20)22(21(25)26)10-12-24(13-11-22)17(2)9-14-27-4/h5-8,17H,1,3,9-15H2,2,4H3. The van der Waals surface area contributed by atoms with Crippen LogP contribution in [0.3, 0.4) is 0 Å². The summed E-state index contributed by atoms with van der Waals surface area (Å²) in [7, 11) is 0. The van der Waals surface area contributed by atoms with Gasteiger partial charge in [0.15, 0.2) is 0 Å². The summed E-state index contributed by atoms with van der Waals surface area (Å²) in [6, 6.07) is 8.49. The third-order valence-electron chi connectivity index (χ3n) is 6.11. The van der Waals surface area contributed by atoms with Gasteiger partial charge in [0.2, 0.25) is 5.91 Å². The summed E-state index contributed by atoms with van der Waals surface area (Å²) in [4.78, 5) is 17.7. The number of para-hydroxylation sites is 1. The molecule has 0 aliphatic carbocycles. The molecule has 1 amide bonds. The molecule has 27 heavy (non-hydrogen) atoms. The van der Waals surface area contributed by atoms with E-state index >= 15 is 0 Å². The SMILES string of the molecule is C=C(F)C(=C)CN1C(=O)C2(CCN(C(C)CCSC)CC2)c2ccccc21. The zero-order valence-corrected chi connectivity index (χ0v) is 17.2. The third kappa shape index (κ3) is 3.72. The summed E-state index contributed by atoms with van der Waals surface area (Å²) in [6.45, 7) is 11.3. The summed E-state index contributed by atoms with van der Waals surface area (Å²) < 4.78 is 13.5. The number of thioether (sulfide) groups is 1. The molecule has 0 radical (unpaired) electrons. The van der Waals surface area contributed by atoms with Crippen LogP contribution in [0.5, 0.6) is 0 Å². The maximum atomic E-state index is 13.5. The molecule has 0 aromatic heterocycles. The Hall–Kier alpha value is -1.59. The van der Waals surface area contributed by atoms with E-state index in [1.807, 2.05) is 30.0 Å². The summed E-state index contributed by atoms with van der Waals surface area (Å²) >= 11 is 1.88. The molecule has 3 nitrogen and oxygen atoms in total. The molecule has 1 atom stereocenters. The van der Waals surface area contributed by atoms with E-state index in [4.69, 9.17) is 0 Å². The van der Waals surface area contributed by atoms with Crippen LogP contribution in [-0.2, 0) is 10.2 Å². The van der Waals surface area contributed by atoms with Crippen molar-refractivity contribution in [2.24, 2.45) is 0 Å². The van der Waals surface area contributed by atoms with Crippen molar-refractivity contribution in [3.63, 3.8) is 0 Å². The number of carbonyl (C=O) groups excluding carboxylic acids is 1. The lowest BCUT2D eigenvalue weighted by atomic mass is 9.73. The molecule has 2 aliphatic rings. The summed E-state index contributed by atoms with van der Waals surface area (Å²) in [5.41, 5.74) is 1.76. The molecule has 0 N–H and O–H groups in total. The van der Waals surface area contributed by atoms with Crippen molar-refractivity contribution in [1.82, 2.24) is 4.90 Å². The number of rotatable bonds is 7. The Morgan fingerprint density at radius 3 is 2.59 bits per heavy atom. The lowest BCUT2D eigenvalue weighted by Gasteiger charge is -2.41. The highest BCUT2D eigenvalue weighted by Gasteiger charge is 2.52. The van der Waals surface area contributed by atoms with Gasteiger partial charge in [0.25, 0.3) is 0 Å². The molecule has 0 bridgehead atoms. The van der Waals surface area contributed by atoms with E-state index in [2.05, 4.69) is 37.3 Å². The lowest BCUT2D eigenvalue weighted by Crippen LogP contribution is -2.51. The molecule has 2 heterocycles. The van der Waals surface area contributed by atoms with Crippen molar-refractivity contribution < 1.29 is 9.18 Å². The zero-order chi connectivity index (χ0) is 19.6. The van der Waals surface area contributed by atoms with Crippen LogP contribution in [0.1, 0.15) is 31.7 Å². The zero-order valence-electron chi connectivity index (χ0n) is 16.3. The van der Waals surface area contributed by atoms with Gasteiger partial charge in [-0.05, 0) is 68.5 Å². The highest BCUT2D eigenvalue weighted by Crippen LogP contribution is 2.48. The molecule has 1 unspecified atom stereocenters. The van der Waals surface area contributed by atoms with E-state index in [1.54, 1.807) is 4.90 Å². The molecule has 1 aromatic rings. The number of fused-ring (bicyclic) bond motifs is 2. The van der Waals surface area contributed by atoms with Crippen molar-refractivity contribution in [1.29, 1.82) is 0 Å². The Balaban J connectivity index is 1.81. The van der Waals surface area contributed by atoms with E-state index in [0.717, 1.165) is 42.9 Å². The van der Waals surface area contributed by atoms with E-state index in [-0.39, 0.29) is 18.0 Å². The van der Waals surface area contributed by atoms with Gasteiger partial charge in [-0.2, -0.15) is 11.8 Å². The van der Waals surface area contributed by atoms with Crippen molar-refractivity contribution in [3.8, 4) is 0 Å². The summed E-state index contributed by atoms with van der Waals surface area (Å²) in [5.74, 6) is 0.689. The Kier molecular flexibility index (Phi) is 6.11. The monoisotopic (exact) mass is 388 g/mol. The van der Waals surface area contributed by atoms with Crippen LogP contribution in [0.2, 0.25) is 0 Å². The smallest absolute Gasteiger partial charge is 0.238 e. The topological polar surface area (TPSA) is 23.6 Å². The Morgan fingerprint density at radius 2 is 1.96 bits per heavy atom. The van der Waals surface area contributed by atoms with Crippen LogP contribution in [0.4, 0.5) is 10.1 Å². The molecule has 0 saturated carbocycles. The molecule has 3 rings (SSSR count). The van der Waals surface area contributed by atoms with E-state index in [0.29, 0.717) is 6.04 Å². The number of carbonyl (C=O) groups is 1. The fourth-order valence-electron chi connectivity index (χ4n) is 4.33. The van der Waals surface area contributed by atoms with Gasteiger partial charge in [0, 0.05) is 11.7 Å². The molecule has 1 fully saturated rings. The van der Waals surface area contributed by atoms with Crippen molar-refractivity contribution in [2.45, 2.75) is 37.6 Å². The van der Waals surface area contributed by atoms with Crippen LogP contribution < -0.4 is 4.90 Å². The van der Waals surface area contributed by atoms with Crippen LogP contribution in [0.25, 0.3) is 0 Å². The number of likely N-dealkylation sites (tertiary alicyclic amines) is 1. The molecule has 5 heteroatoms. The van der Waals surface area contributed by atoms with Crippen molar-refractivity contribution >= 4 is 23.4 Å². The van der Waals surface area contributed by atoms with Gasteiger partial charge in [-0.15, -0.1) is 0 Å². The van der Waals surface area contributed by atoms with E-state index in [9.17, 15) is 9.18 Å². The lowest BCUT2D eigenvalue weighted by molar-refractivity contribution is -0.125. The maximum absolute atomic E-state index is 13.5. The van der Waals surface area contributed by atoms with Gasteiger partial charge in [-0.25, -0.2) is 4.39 Å². The fourth-order valence-corrected chi connectivity index (χ4v) is 4.91. The molecule has 1 saturated heterocycles. The first kappa shape index (κ1) is 20.2. The first-order valence-electron chi connectivity index (χ1n) is 9.57. The third-order valence-corrected chi connectivity index (χ3v) is 6.76. The minimum Gasteiger partial charge on any atom is -0.307 e. The number of hydrogen-bond acceptors (Lipinski definition) is 3. The first-order valence-corrected chi connectivity index (χ1v) is 11.0. The first-order chi connectivity index (χ1) is 12.9. The largest absolute Gasteiger partial charge is 0.307 e. The molecule has 2 aliphatic heterocycles. The van der Waals surface area contributed by atoms with Gasteiger partial charge in [0.1, 0.15) is 5.83 Å². The summed E-state index contributed by atoms with van der Waals surface area (Å²) in [6.07, 6.45) is 4.93. The minimum absolute atomic E-state index is 0.0857. The van der Waals surface area contributed by atoms with Crippen LogP contribution in [0.15, 0.2) is 48.8 Å². The average Bonchev–Trinajstić information content (AvgIpc) is 2.89. The van der Waals surface area contributed by atoms with Crippen molar-refractivity contribution in [3.05, 3.63) is 54.4 Å². The number of benzene rings is 1. The predicted octanol–water partition coefficient (Wildman–Crippen LogP) is 4.55. The van der Waals surface area contributed by atoms with Crippen LogP contribution >= 0.6 is 11.8 Å². The Bertz CT molecular complexity index is 740. The van der Waals surface area contributed by atoms with Gasteiger partial charge >= 0.3 is 0 Å². The van der Waals surface area contributed by atoms with Gasteiger partial charge in [-0.1, -0.05) is 31.4 Å². The Morgan fingerprint density at radius 1 is 1.30 bits per heavy atom. The highest BCUT2D eigenvalue weighted by atomic mass is 32.2. The molecular formula is C22H29FN2OS. The highest BCUT2D eigenvalue weighted by molar-refractivity contribution is 7.98. The maximum Gasteiger partial charge on any atom is 0.238 e. The molecule has 1 aromatic carbocycles. The number of amides is 1. The fraction of sp³-hybridized carbons (Fsp3) is 0.500. The second kappa shape index (κ2) is 8.19. The van der Waals surface area contributed by atoms with Gasteiger partial charge in [0.05, 0.1) is 12.0 Å². The normalized spacial score (nSPS) is 20.0. The second-order valence-corrected chi connectivity index (χ2v) is 8.65. The van der Waals surface area contributed by atoms with E-state index in [1.165, 1.54) is 6.42 Å². The van der Waals surface area contributed by atoms with Crippen molar-refractivity contribution in [2.75, 3.05) is 36.5 Å². The number of hydrogen-bond donors (Lipinski definition) is 0. The molecule has 146 valence electrons. The Labute approximate surface area is 166 Å². The van der Waals surface area contributed by atoms with E-state index < -0.39 is 11.2 Å². The molecule has 1 spiro atoms. The van der Waals surface area contributed by atoms with Gasteiger partial charge < -0.3 is 9.80 Å². The second-order valence-electron chi connectivity index (χ2n) is 7.67. The summed E-state index contributed by atoms with van der Waals surface area (Å²) in [5, 5.41) is 0. The number of nitrogens with zero attached hydrogens (tertiary/aromatic N) is 2. The number of halogens is 1. The minimum atomic E-state index is -0.557.